The van der Waals surface area contributed by atoms with Crippen LogP contribution in [0.5, 0.6) is 0 Å². The van der Waals surface area contributed by atoms with Crippen molar-refractivity contribution < 1.29 is 13.9 Å². The van der Waals surface area contributed by atoms with Gasteiger partial charge in [-0.15, -0.1) is 0 Å². The standard InChI is InChI=1S/C9H9F2N3O/c10-9(11)4-14-8-1-7(5-15)12-2-6(8)3-13-14/h1-3,9,15H,4-5H2. The largest absolute Gasteiger partial charge is 0.390 e. The lowest BCUT2D eigenvalue weighted by Gasteiger charge is -2.02. The average Bonchev–Trinajstić information content (AvgIpc) is 2.60. The molecule has 2 aromatic heterocycles. The predicted molar refractivity (Wildman–Crippen MR) is 49.5 cm³/mol. The zero-order valence-corrected chi connectivity index (χ0v) is 7.77. The first-order valence-electron chi connectivity index (χ1n) is 4.40. The Labute approximate surface area is 84.2 Å². The van der Waals surface area contributed by atoms with Crippen molar-refractivity contribution >= 4 is 10.9 Å². The number of pyridine rings is 1. The highest BCUT2D eigenvalue weighted by molar-refractivity contribution is 5.77. The molecule has 0 amide bonds. The minimum Gasteiger partial charge on any atom is -0.390 e. The average molecular weight is 213 g/mol. The summed E-state index contributed by atoms with van der Waals surface area (Å²) >= 11 is 0. The SMILES string of the molecule is OCc1cc2c(cn1)cnn2CC(F)F. The van der Waals surface area contributed by atoms with E-state index in [2.05, 4.69) is 10.1 Å². The minimum absolute atomic E-state index is 0.213. The van der Waals surface area contributed by atoms with E-state index in [1.54, 1.807) is 6.07 Å². The lowest BCUT2D eigenvalue weighted by atomic mass is 10.3. The summed E-state index contributed by atoms with van der Waals surface area (Å²) in [6.45, 7) is -0.659. The van der Waals surface area contributed by atoms with E-state index in [0.717, 1.165) is 0 Å². The van der Waals surface area contributed by atoms with Gasteiger partial charge < -0.3 is 5.11 Å². The lowest BCUT2D eigenvalue weighted by molar-refractivity contribution is 0.123. The third-order valence-electron chi connectivity index (χ3n) is 2.06. The van der Waals surface area contributed by atoms with Crippen LogP contribution < -0.4 is 0 Å². The molecule has 80 valence electrons. The summed E-state index contributed by atoms with van der Waals surface area (Å²) in [4.78, 5) is 3.93. The van der Waals surface area contributed by atoms with E-state index in [1.807, 2.05) is 0 Å². The molecule has 2 aromatic rings. The molecule has 0 spiro atoms. The summed E-state index contributed by atoms with van der Waals surface area (Å²) in [6, 6.07) is 1.56. The van der Waals surface area contributed by atoms with Crippen molar-refractivity contribution in [3.05, 3.63) is 24.2 Å². The summed E-state index contributed by atoms with van der Waals surface area (Å²) < 4.78 is 25.6. The number of halogens is 2. The topological polar surface area (TPSA) is 50.9 Å². The van der Waals surface area contributed by atoms with Crippen LogP contribution in [0.1, 0.15) is 5.69 Å². The van der Waals surface area contributed by atoms with Crippen molar-refractivity contribution in [3.8, 4) is 0 Å². The molecule has 0 aliphatic heterocycles. The molecule has 0 aliphatic rings. The fourth-order valence-electron chi connectivity index (χ4n) is 1.38. The highest BCUT2D eigenvalue weighted by Gasteiger charge is 2.09. The monoisotopic (exact) mass is 213 g/mol. The van der Waals surface area contributed by atoms with Gasteiger partial charge in [-0.25, -0.2) is 8.78 Å². The van der Waals surface area contributed by atoms with Gasteiger partial charge in [-0.3, -0.25) is 9.67 Å². The van der Waals surface area contributed by atoms with Crippen LogP contribution >= 0.6 is 0 Å². The van der Waals surface area contributed by atoms with Crippen LogP contribution in [0.4, 0.5) is 8.78 Å². The molecule has 15 heavy (non-hydrogen) atoms. The zero-order valence-electron chi connectivity index (χ0n) is 7.77. The Morgan fingerprint density at radius 2 is 2.20 bits per heavy atom. The van der Waals surface area contributed by atoms with Crippen molar-refractivity contribution in [2.75, 3.05) is 0 Å². The summed E-state index contributed by atoms with van der Waals surface area (Å²) in [5.41, 5.74) is 1.01. The molecule has 0 saturated heterocycles. The molecule has 2 rings (SSSR count). The quantitative estimate of drug-likeness (QED) is 0.833. The van der Waals surface area contributed by atoms with Crippen LogP contribution in [0.25, 0.3) is 10.9 Å². The van der Waals surface area contributed by atoms with E-state index in [4.69, 9.17) is 5.11 Å². The van der Waals surface area contributed by atoms with Crippen LogP contribution in [-0.4, -0.2) is 26.3 Å². The van der Waals surface area contributed by atoms with E-state index < -0.39 is 13.0 Å². The molecule has 6 heteroatoms. The number of aromatic nitrogens is 3. The van der Waals surface area contributed by atoms with Gasteiger partial charge in [0.1, 0.15) is 6.54 Å². The van der Waals surface area contributed by atoms with Crippen molar-refractivity contribution in [1.29, 1.82) is 0 Å². The molecule has 0 aromatic carbocycles. The Balaban J connectivity index is 2.46. The molecule has 2 heterocycles. The highest BCUT2D eigenvalue weighted by atomic mass is 19.3. The normalized spacial score (nSPS) is 11.5. The summed E-state index contributed by atoms with van der Waals surface area (Å²) in [5, 5.41) is 13.4. The Morgan fingerprint density at radius 1 is 1.40 bits per heavy atom. The summed E-state index contributed by atoms with van der Waals surface area (Å²) in [6.07, 6.45) is 0.542. The van der Waals surface area contributed by atoms with Crippen LogP contribution in [0.3, 0.4) is 0 Å². The molecule has 0 unspecified atom stereocenters. The van der Waals surface area contributed by atoms with Gasteiger partial charge in [-0.05, 0) is 6.07 Å². The van der Waals surface area contributed by atoms with E-state index in [1.165, 1.54) is 17.1 Å². The van der Waals surface area contributed by atoms with Crippen molar-refractivity contribution in [1.82, 2.24) is 14.8 Å². The fourth-order valence-corrected chi connectivity index (χ4v) is 1.38. The van der Waals surface area contributed by atoms with E-state index in [9.17, 15) is 8.78 Å². The minimum atomic E-state index is -2.45. The van der Waals surface area contributed by atoms with Crippen LogP contribution in [0, 0.1) is 0 Å². The smallest absolute Gasteiger partial charge is 0.257 e. The Morgan fingerprint density at radius 3 is 2.87 bits per heavy atom. The number of hydrogen-bond acceptors (Lipinski definition) is 3. The van der Waals surface area contributed by atoms with Gasteiger partial charge >= 0.3 is 0 Å². The van der Waals surface area contributed by atoms with Crippen molar-refractivity contribution in [3.63, 3.8) is 0 Å². The number of fused-ring (bicyclic) bond motifs is 1. The van der Waals surface area contributed by atoms with E-state index >= 15 is 0 Å². The molecule has 0 saturated carbocycles. The predicted octanol–water partition coefficient (Wildman–Crippen LogP) is 1.19. The molecule has 0 aliphatic carbocycles. The maximum absolute atomic E-state index is 12.2. The fraction of sp³-hybridized carbons (Fsp3) is 0.333. The molecule has 4 nitrogen and oxygen atoms in total. The summed E-state index contributed by atoms with van der Waals surface area (Å²) in [7, 11) is 0. The molecule has 0 atom stereocenters. The van der Waals surface area contributed by atoms with Crippen LogP contribution in [0.2, 0.25) is 0 Å². The van der Waals surface area contributed by atoms with Gasteiger partial charge in [-0.2, -0.15) is 5.10 Å². The van der Waals surface area contributed by atoms with Gasteiger partial charge in [0.25, 0.3) is 6.43 Å². The first kappa shape index (κ1) is 9.97. The van der Waals surface area contributed by atoms with Crippen molar-refractivity contribution in [2.24, 2.45) is 0 Å². The number of aliphatic hydroxyl groups is 1. The third-order valence-corrected chi connectivity index (χ3v) is 2.06. The van der Waals surface area contributed by atoms with Gasteiger partial charge in [0, 0.05) is 11.6 Å². The number of hydrogen-bond donors (Lipinski definition) is 1. The Hall–Kier alpha value is -1.56. The maximum atomic E-state index is 12.2. The molecule has 0 fully saturated rings. The van der Waals surface area contributed by atoms with E-state index in [0.29, 0.717) is 16.6 Å². The number of rotatable bonds is 3. The summed E-state index contributed by atoms with van der Waals surface area (Å²) in [5.74, 6) is 0. The third kappa shape index (κ3) is 1.94. The number of nitrogens with zero attached hydrogens (tertiary/aromatic N) is 3. The lowest BCUT2D eigenvalue weighted by Crippen LogP contribution is -2.07. The van der Waals surface area contributed by atoms with Crippen molar-refractivity contribution in [2.45, 2.75) is 19.6 Å². The zero-order chi connectivity index (χ0) is 10.8. The number of alkyl halides is 2. The van der Waals surface area contributed by atoms with Gasteiger partial charge in [0.2, 0.25) is 0 Å². The van der Waals surface area contributed by atoms with Gasteiger partial charge in [0.05, 0.1) is 24.0 Å². The maximum Gasteiger partial charge on any atom is 0.257 e. The molecular weight excluding hydrogens is 204 g/mol. The first-order chi connectivity index (χ1) is 7.20. The molecule has 1 N–H and O–H groups in total. The second-order valence-corrected chi connectivity index (χ2v) is 3.11. The molecule has 0 radical (unpaired) electrons. The second-order valence-electron chi connectivity index (χ2n) is 3.11. The second kappa shape index (κ2) is 3.90. The number of aliphatic hydroxyl groups excluding tert-OH is 1. The molecular formula is C9H9F2N3O. The van der Waals surface area contributed by atoms with Gasteiger partial charge in [0.15, 0.2) is 0 Å². The van der Waals surface area contributed by atoms with E-state index in [-0.39, 0.29) is 6.61 Å². The van der Waals surface area contributed by atoms with Crippen LogP contribution in [-0.2, 0) is 13.2 Å². The Bertz CT molecular complexity index is 469. The Kier molecular flexibility index (Phi) is 2.59. The first-order valence-corrected chi connectivity index (χ1v) is 4.40. The highest BCUT2D eigenvalue weighted by Crippen LogP contribution is 2.14. The van der Waals surface area contributed by atoms with Crippen LogP contribution in [0.15, 0.2) is 18.5 Å². The van der Waals surface area contributed by atoms with Gasteiger partial charge in [-0.1, -0.05) is 0 Å². The molecule has 0 bridgehead atoms.